The molecule has 0 N–H and O–H groups in total. The lowest BCUT2D eigenvalue weighted by molar-refractivity contribution is 0.515. The Morgan fingerprint density at radius 2 is 1.61 bits per heavy atom. The molecule has 0 fully saturated rings. The summed E-state index contributed by atoms with van der Waals surface area (Å²) in [7, 11) is 0. The van der Waals surface area contributed by atoms with Crippen molar-refractivity contribution in [3.63, 3.8) is 0 Å². The molecule has 0 saturated heterocycles. The van der Waals surface area contributed by atoms with Crippen molar-refractivity contribution in [1.82, 2.24) is 0 Å². The van der Waals surface area contributed by atoms with Gasteiger partial charge in [0.25, 0.3) is 0 Å². The summed E-state index contributed by atoms with van der Waals surface area (Å²) in [5.74, 6) is 1.44. The predicted molar refractivity (Wildman–Crippen MR) is 118 cm³/mol. The third-order valence-corrected chi connectivity index (χ3v) is 6.38. The van der Waals surface area contributed by atoms with E-state index in [0.717, 1.165) is 33.8 Å². The third-order valence-electron chi connectivity index (χ3n) is 5.06. The standard InChI is InChI=1S/C25H25O2S/c1-2-3-5-8-19-11-13-20(14-12-19)21-15-16-23-24(18-28(26)25(23)17-21)27-22-9-6-4-7-10-22/h4,6-7,9-18,28H,2-3,5,8H2,1H3. The van der Waals surface area contributed by atoms with Crippen molar-refractivity contribution in [1.29, 1.82) is 0 Å². The van der Waals surface area contributed by atoms with Crippen LogP contribution < -0.4 is 4.74 Å². The second-order valence-electron chi connectivity index (χ2n) is 7.12. The van der Waals surface area contributed by atoms with E-state index >= 15 is 0 Å². The van der Waals surface area contributed by atoms with Gasteiger partial charge in [-0.2, -0.15) is 4.55 Å². The number of hydrogen-bond donors (Lipinski definition) is 1. The van der Waals surface area contributed by atoms with Gasteiger partial charge in [-0.15, -0.1) is 0 Å². The molecule has 0 spiro atoms. The highest BCUT2D eigenvalue weighted by Gasteiger charge is 2.23. The molecule has 0 aromatic heterocycles. The molecule has 1 aliphatic heterocycles. The largest absolute Gasteiger partial charge is 0.456 e. The maximum Gasteiger partial charge on any atom is 0.142 e. The van der Waals surface area contributed by atoms with Crippen molar-refractivity contribution in [2.45, 2.75) is 37.5 Å². The fourth-order valence-corrected chi connectivity index (χ4v) is 4.72. The monoisotopic (exact) mass is 389 g/mol. The van der Waals surface area contributed by atoms with Crippen molar-refractivity contribution < 1.29 is 9.29 Å². The lowest BCUT2D eigenvalue weighted by atomic mass is 10.00. The highest BCUT2D eigenvalue weighted by molar-refractivity contribution is 8.15. The molecular weight excluding hydrogens is 364 g/mol. The molecule has 3 aromatic carbocycles. The highest BCUT2D eigenvalue weighted by atomic mass is 32.2. The first-order valence-electron chi connectivity index (χ1n) is 9.89. The molecular formula is C25H25O2S. The first-order valence-corrected chi connectivity index (χ1v) is 11.2. The van der Waals surface area contributed by atoms with Crippen molar-refractivity contribution in [2.24, 2.45) is 0 Å². The topological polar surface area (TPSA) is 29.1 Å². The predicted octanol–water partition coefficient (Wildman–Crippen LogP) is 7.18. The summed E-state index contributed by atoms with van der Waals surface area (Å²) in [6.07, 6.45) is 4.90. The van der Waals surface area contributed by atoms with Crippen LogP contribution in [-0.2, 0) is 11.0 Å². The molecule has 143 valence electrons. The summed E-state index contributed by atoms with van der Waals surface area (Å²) in [5.41, 5.74) is 4.55. The molecule has 3 aromatic rings. The molecule has 4 rings (SSSR count). The Kier molecular flexibility index (Phi) is 5.84. The summed E-state index contributed by atoms with van der Waals surface area (Å²) in [4.78, 5) is 0.852. The van der Waals surface area contributed by atoms with Crippen LogP contribution in [0.15, 0.2) is 83.1 Å². The molecule has 1 atom stereocenters. The molecule has 2 nitrogen and oxygen atoms in total. The van der Waals surface area contributed by atoms with E-state index < -0.39 is 11.2 Å². The smallest absolute Gasteiger partial charge is 0.142 e. The van der Waals surface area contributed by atoms with Gasteiger partial charge in [-0.05, 0) is 53.8 Å². The zero-order chi connectivity index (χ0) is 19.3. The fraction of sp³-hybridized carbons (Fsp3) is 0.200. The molecule has 1 aliphatic rings. The maximum atomic E-state index is 12.6. The molecule has 3 heteroatoms. The Hall–Kier alpha value is -2.49. The van der Waals surface area contributed by atoms with Crippen LogP contribution in [0.2, 0.25) is 0 Å². The number of para-hydroxylation sites is 1. The average Bonchev–Trinajstić information content (AvgIpc) is 3.04. The minimum absolute atomic E-state index is 0.681. The zero-order valence-corrected chi connectivity index (χ0v) is 17.0. The summed E-state index contributed by atoms with van der Waals surface area (Å²) >= 11 is -1.58. The van der Waals surface area contributed by atoms with E-state index in [2.05, 4.69) is 37.3 Å². The first kappa shape index (κ1) is 18.9. The minimum Gasteiger partial charge on any atom is -0.456 e. The van der Waals surface area contributed by atoms with Gasteiger partial charge in [0, 0.05) is 15.9 Å². The molecule has 1 radical (unpaired) electrons. The van der Waals surface area contributed by atoms with E-state index in [0.29, 0.717) is 5.76 Å². The number of fused-ring (bicyclic) bond motifs is 1. The number of ether oxygens (including phenoxy) is 1. The number of benzene rings is 3. The fourth-order valence-electron chi connectivity index (χ4n) is 3.49. The van der Waals surface area contributed by atoms with Gasteiger partial charge in [-0.3, -0.25) is 0 Å². The summed E-state index contributed by atoms with van der Waals surface area (Å²) in [5, 5.41) is 1.73. The van der Waals surface area contributed by atoms with Crippen LogP contribution in [0.3, 0.4) is 0 Å². The number of thiol groups is 1. The zero-order valence-electron chi connectivity index (χ0n) is 16.1. The third kappa shape index (κ3) is 4.16. The van der Waals surface area contributed by atoms with Crippen LogP contribution in [0.4, 0.5) is 0 Å². The number of hydrogen-bond acceptors (Lipinski definition) is 1. The van der Waals surface area contributed by atoms with Gasteiger partial charge in [-0.25, -0.2) is 0 Å². The van der Waals surface area contributed by atoms with Crippen LogP contribution >= 0.6 is 11.2 Å². The Bertz CT molecular complexity index is 962. The van der Waals surface area contributed by atoms with Crippen LogP contribution in [0.1, 0.15) is 37.3 Å². The molecule has 28 heavy (non-hydrogen) atoms. The number of rotatable bonds is 7. The van der Waals surface area contributed by atoms with Crippen molar-refractivity contribution in [3.8, 4) is 16.9 Å². The lowest BCUT2D eigenvalue weighted by Crippen LogP contribution is -1.93. The Morgan fingerprint density at radius 1 is 0.857 bits per heavy atom. The molecule has 0 amide bonds. The Morgan fingerprint density at radius 3 is 2.36 bits per heavy atom. The molecule has 0 bridgehead atoms. The van der Waals surface area contributed by atoms with E-state index in [1.165, 1.54) is 24.8 Å². The molecule has 0 aliphatic carbocycles. The quantitative estimate of drug-likeness (QED) is 0.336. The van der Waals surface area contributed by atoms with E-state index in [-0.39, 0.29) is 0 Å². The molecule has 1 unspecified atom stereocenters. The van der Waals surface area contributed by atoms with Crippen LogP contribution in [0.25, 0.3) is 16.9 Å². The summed E-state index contributed by atoms with van der Waals surface area (Å²) in [6.45, 7) is 2.23. The van der Waals surface area contributed by atoms with Crippen molar-refractivity contribution in [3.05, 3.63) is 89.3 Å². The number of unbranched alkanes of at least 4 members (excludes halogenated alkanes) is 2. The van der Waals surface area contributed by atoms with Gasteiger partial charge in [0.15, 0.2) is 0 Å². The van der Waals surface area contributed by atoms with Gasteiger partial charge < -0.3 is 4.74 Å². The number of aryl methyl sites for hydroxylation is 1. The van der Waals surface area contributed by atoms with Crippen LogP contribution in [-0.4, -0.2) is 0 Å². The maximum absolute atomic E-state index is 12.6. The Labute approximate surface area is 170 Å². The van der Waals surface area contributed by atoms with E-state index in [4.69, 9.17) is 4.74 Å². The van der Waals surface area contributed by atoms with E-state index in [1.54, 1.807) is 5.41 Å². The van der Waals surface area contributed by atoms with Crippen molar-refractivity contribution in [2.75, 3.05) is 0 Å². The van der Waals surface area contributed by atoms with Gasteiger partial charge >= 0.3 is 0 Å². The molecule has 0 saturated carbocycles. The van der Waals surface area contributed by atoms with Gasteiger partial charge in [0.2, 0.25) is 0 Å². The second-order valence-corrected chi connectivity index (χ2v) is 8.51. The Balaban J connectivity index is 1.52. The minimum atomic E-state index is -1.58. The normalized spacial score (nSPS) is 16.5. The van der Waals surface area contributed by atoms with Crippen LogP contribution in [0, 0.1) is 0 Å². The van der Waals surface area contributed by atoms with Gasteiger partial charge in [0.1, 0.15) is 11.5 Å². The van der Waals surface area contributed by atoms with Gasteiger partial charge in [0.05, 0.1) is 0 Å². The summed E-state index contributed by atoms with van der Waals surface area (Å²) < 4.78 is 18.6. The second kappa shape index (κ2) is 8.68. The average molecular weight is 390 g/mol. The van der Waals surface area contributed by atoms with E-state index in [1.807, 2.05) is 42.5 Å². The van der Waals surface area contributed by atoms with E-state index in [9.17, 15) is 4.55 Å². The lowest BCUT2D eigenvalue weighted by Gasteiger charge is -2.11. The highest BCUT2D eigenvalue weighted by Crippen LogP contribution is 2.49. The summed E-state index contributed by atoms with van der Waals surface area (Å²) in [6, 6.07) is 24.5. The molecule has 1 heterocycles. The first-order chi connectivity index (χ1) is 13.7. The van der Waals surface area contributed by atoms with Crippen molar-refractivity contribution >= 4 is 16.9 Å². The van der Waals surface area contributed by atoms with Crippen LogP contribution in [0.5, 0.6) is 5.75 Å². The van der Waals surface area contributed by atoms with Gasteiger partial charge in [-0.1, -0.05) is 79.5 Å². The SMILES string of the molecule is CCCCCc1ccc(-c2ccc3c(c2)[SH]([O])C=C3Oc2ccccc2)cc1.